The number of pyridine rings is 1. The number of hydrogen-bond donors (Lipinski definition) is 0. The lowest BCUT2D eigenvalue weighted by Crippen LogP contribution is -2.34. The molecule has 0 spiro atoms. The third kappa shape index (κ3) is 4.18. The molecule has 0 unspecified atom stereocenters. The summed E-state index contributed by atoms with van der Waals surface area (Å²) in [5.74, 6) is 0.630. The third-order valence-corrected chi connectivity index (χ3v) is 5.68. The minimum absolute atomic E-state index is 0.0936. The summed E-state index contributed by atoms with van der Waals surface area (Å²) in [6.07, 6.45) is 1.73. The molecule has 0 saturated carbocycles. The van der Waals surface area contributed by atoms with Gasteiger partial charge in [0.05, 0.1) is 29.2 Å². The summed E-state index contributed by atoms with van der Waals surface area (Å²) in [5.41, 5.74) is 3.40. The molecule has 3 aromatic heterocycles. The molecule has 0 N–H and O–H groups in total. The number of amides is 1. The minimum atomic E-state index is -0.0936. The lowest BCUT2D eigenvalue weighted by Gasteiger charge is -2.20. The van der Waals surface area contributed by atoms with Crippen LogP contribution in [0.1, 0.15) is 24.0 Å². The van der Waals surface area contributed by atoms with E-state index in [4.69, 9.17) is 9.72 Å². The first-order chi connectivity index (χ1) is 14.5. The number of aryl methyl sites for hydroxylation is 2. The molecule has 0 aliphatic carbocycles. The van der Waals surface area contributed by atoms with Gasteiger partial charge in [0.2, 0.25) is 0 Å². The number of carbonyl (C=O) groups is 1. The zero-order valence-corrected chi connectivity index (χ0v) is 18.0. The standard InChI is InChI=1S/C22H23N5O2S/c1-4-29-18-9-7-10-19-21(18)24-22(30-19)26(13-17-8-5-6-11-23-17)20(28)14-27-16(3)12-15(2)25-27/h5-12H,4,13-14H2,1-3H3. The quantitative estimate of drug-likeness (QED) is 0.448. The maximum absolute atomic E-state index is 13.3. The van der Waals surface area contributed by atoms with E-state index in [2.05, 4.69) is 10.1 Å². The number of aromatic nitrogens is 4. The third-order valence-electron chi connectivity index (χ3n) is 4.64. The van der Waals surface area contributed by atoms with Gasteiger partial charge in [-0.05, 0) is 51.1 Å². The van der Waals surface area contributed by atoms with Crippen LogP contribution in [0.25, 0.3) is 10.2 Å². The second kappa shape index (κ2) is 8.62. The Labute approximate surface area is 179 Å². The number of para-hydroxylation sites is 1. The van der Waals surface area contributed by atoms with Crippen LogP contribution < -0.4 is 9.64 Å². The molecule has 0 bridgehead atoms. The summed E-state index contributed by atoms with van der Waals surface area (Å²) in [7, 11) is 0. The van der Waals surface area contributed by atoms with Crippen molar-refractivity contribution in [3.63, 3.8) is 0 Å². The van der Waals surface area contributed by atoms with Gasteiger partial charge in [-0.25, -0.2) is 4.98 Å². The first kappa shape index (κ1) is 20.0. The van der Waals surface area contributed by atoms with E-state index >= 15 is 0 Å². The van der Waals surface area contributed by atoms with Crippen LogP contribution in [0.2, 0.25) is 0 Å². The largest absolute Gasteiger partial charge is 0.492 e. The summed E-state index contributed by atoms with van der Waals surface area (Å²) < 4.78 is 8.42. The first-order valence-electron chi connectivity index (χ1n) is 9.79. The van der Waals surface area contributed by atoms with Gasteiger partial charge in [0.15, 0.2) is 5.13 Å². The van der Waals surface area contributed by atoms with Crippen molar-refractivity contribution in [3.8, 4) is 5.75 Å². The molecule has 1 aromatic carbocycles. The second-order valence-electron chi connectivity index (χ2n) is 6.92. The number of hydrogen-bond acceptors (Lipinski definition) is 6. The summed E-state index contributed by atoms with van der Waals surface area (Å²) in [5, 5.41) is 5.05. The average Bonchev–Trinajstić information content (AvgIpc) is 3.30. The minimum Gasteiger partial charge on any atom is -0.492 e. The van der Waals surface area contributed by atoms with Gasteiger partial charge in [-0.1, -0.05) is 23.5 Å². The Morgan fingerprint density at radius 1 is 1.20 bits per heavy atom. The molecule has 1 amide bonds. The monoisotopic (exact) mass is 421 g/mol. The van der Waals surface area contributed by atoms with Gasteiger partial charge in [0, 0.05) is 11.9 Å². The maximum Gasteiger partial charge on any atom is 0.250 e. The molecule has 0 saturated heterocycles. The van der Waals surface area contributed by atoms with Gasteiger partial charge in [0.1, 0.15) is 17.8 Å². The van der Waals surface area contributed by atoms with E-state index in [0.29, 0.717) is 18.3 Å². The molecule has 0 aliphatic heterocycles. The van der Waals surface area contributed by atoms with Crippen molar-refractivity contribution in [3.05, 3.63) is 65.7 Å². The molecular weight excluding hydrogens is 398 g/mol. The molecule has 0 fully saturated rings. The number of nitrogens with zero attached hydrogens (tertiary/aromatic N) is 5. The second-order valence-corrected chi connectivity index (χ2v) is 7.93. The summed E-state index contributed by atoms with van der Waals surface area (Å²) in [6, 6.07) is 13.5. The van der Waals surface area contributed by atoms with Crippen molar-refractivity contribution < 1.29 is 9.53 Å². The lowest BCUT2D eigenvalue weighted by molar-refractivity contribution is -0.119. The van der Waals surface area contributed by atoms with E-state index in [1.54, 1.807) is 15.8 Å². The molecule has 7 nitrogen and oxygen atoms in total. The van der Waals surface area contributed by atoms with Crippen LogP contribution in [0.4, 0.5) is 5.13 Å². The lowest BCUT2D eigenvalue weighted by atomic mass is 10.3. The van der Waals surface area contributed by atoms with Crippen molar-refractivity contribution in [2.24, 2.45) is 0 Å². The van der Waals surface area contributed by atoms with Gasteiger partial charge in [-0.15, -0.1) is 0 Å². The first-order valence-corrected chi connectivity index (χ1v) is 10.6. The molecular formula is C22H23N5O2S. The highest BCUT2D eigenvalue weighted by Crippen LogP contribution is 2.35. The topological polar surface area (TPSA) is 73.1 Å². The van der Waals surface area contributed by atoms with Crippen LogP contribution in [0.5, 0.6) is 5.75 Å². The summed E-state index contributed by atoms with van der Waals surface area (Å²) in [4.78, 5) is 24.2. The number of thiazole rings is 1. The molecule has 4 rings (SSSR count). The van der Waals surface area contributed by atoms with Gasteiger partial charge in [0.25, 0.3) is 5.91 Å². The molecule has 0 atom stereocenters. The number of ether oxygens (including phenoxy) is 1. The normalized spacial score (nSPS) is 11.0. The SMILES string of the molecule is CCOc1cccc2sc(N(Cc3ccccn3)C(=O)Cn3nc(C)cc3C)nc12. The van der Waals surface area contributed by atoms with Crippen LogP contribution in [0, 0.1) is 13.8 Å². The van der Waals surface area contributed by atoms with Gasteiger partial charge in [-0.3, -0.25) is 19.4 Å². The molecule has 154 valence electrons. The van der Waals surface area contributed by atoms with Crippen LogP contribution in [0.15, 0.2) is 48.7 Å². The number of anilines is 1. The average molecular weight is 422 g/mol. The van der Waals surface area contributed by atoms with E-state index in [0.717, 1.165) is 33.0 Å². The van der Waals surface area contributed by atoms with Gasteiger partial charge in [-0.2, -0.15) is 5.10 Å². The fraction of sp³-hybridized carbons (Fsp3) is 0.273. The van der Waals surface area contributed by atoms with Gasteiger partial charge < -0.3 is 4.74 Å². The van der Waals surface area contributed by atoms with Crippen molar-refractivity contribution in [1.29, 1.82) is 0 Å². The Kier molecular flexibility index (Phi) is 5.76. The maximum atomic E-state index is 13.3. The predicted molar refractivity (Wildman–Crippen MR) is 118 cm³/mol. The molecule has 4 aromatic rings. The zero-order chi connectivity index (χ0) is 21.1. The van der Waals surface area contributed by atoms with E-state index in [1.165, 1.54) is 11.3 Å². The molecule has 0 aliphatic rings. The summed E-state index contributed by atoms with van der Waals surface area (Å²) in [6.45, 7) is 6.84. The fourth-order valence-corrected chi connectivity index (χ4v) is 4.26. The molecule has 30 heavy (non-hydrogen) atoms. The molecule has 8 heteroatoms. The van der Waals surface area contributed by atoms with E-state index in [1.807, 2.05) is 63.2 Å². The van der Waals surface area contributed by atoms with Crippen molar-refractivity contribution in [2.45, 2.75) is 33.9 Å². The van der Waals surface area contributed by atoms with Crippen molar-refractivity contribution >= 4 is 32.6 Å². The van der Waals surface area contributed by atoms with E-state index < -0.39 is 0 Å². The fourth-order valence-electron chi connectivity index (χ4n) is 3.26. The highest BCUT2D eigenvalue weighted by molar-refractivity contribution is 7.22. The number of carbonyl (C=O) groups excluding carboxylic acids is 1. The Bertz CT molecular complexity index is 1170. The highest BCUT2D eigenvalue weighted by Gasteiger charge is 2.23. The molecule has 0 radical (unpaired) electrons. The predicted octanol–water partition coefficient (Wildman–Crippen LogP) is 4.14. The number of rotatable bonds is 7. The Morgan fingerprint density at radius 2 is 2.07 bits per heavy atom. The van der Waals surface area contributed by atoms with Crippen LogP contribution in [-0.4, -0.2) is 32.3 Å². The summed E-state index contributed by atoms with van der Waals surface area (Å²) >= 11 is 1.47. The Balaban J connectivity index is 1.71. The van der Waals surface area contributed by atoms with Crippen LogP contribution >= 0.6 is 11.3 Å². The highest BCUT2D eigenvalue weighted by atomic mass is 32.1. The van der Waals surface area contributed by atoms with E-state index in [-0.39, 0.29) is 12.5 Å². The zero-order valence-electron chi connectivity index (χ0n) is 17.2. The van der Waals surface area contributed by atoms with Crippen LogP contribution in [-0.2, 0) is 17.9 Å². The Morgan fingerprint density at radius 3 is 2.77 bits per heavy atom. The van der Waals surface area contributed by atoms with Crippen LogP contribution in [0.3, 0.4) is 0 Å². The molecule has 3 heterocycles. The number of benzene rings is 1. The number of fused-ring (bicyclic) bond motifs is 1. The van der Waals surface area contributed by atoms with E-state index in [9.17, 15) is 4.79 Å². The van der Waals surface area contributed by atoms with Crippen molar-refractivity contribution in [1.82, 2.24) is 19.7 Å². The smallest absolute Gasteiger partial charge is 0.250 e. The van der Waals surface area contributed by atoms with Crippen molar-refractivity contribution in [2.75, 3.05) is 11.5 Å². The Hall–Kier alpha value is -3.26. The van der Waals surface area contributed by atoms with Gasteiger partial charge >= 0.3 is 0 Å².